The van der Waals surface area contributed by atoms with Crippen LogP contribution in [0.5, 0.6) is 5.75 Å². The molecule has 6 nitrogen and oxygen atoms in total. The Morgan fingerprint density at radius 2 is 2.04 bits per heavy atom. The van der Waals surface area contributed by atoms with E-state index < -0.39 is 0 Å². The zero-order chi connectivity index (χ0) is 18.8. The second-order valence-corrected chi connectivity index (χ2v) is 6.74. The van der Waals surface area contributed by atoms with Crippen molar-refractivity contribution < 1.29 is 9.47 Å². The molecule has 1 fully saturated rings. The highest BCUT2D eigenvalue weighted by Crippen LogP contribution is 2.28. The summed E-state index contributed by atoms with van der Waals surface area (Å²) in [6.07, 6.45) is 1.16. The quantitative estimate of drug-likeness (QED) is 0.538. The van der Waals surface area contributed by atoms with Crippen LogP contribution in [0.1, 0.15) is 24.8 Å². The number of ether oxygens (including phenoxy) is 2. The molecule has 1 aromatic carbocycles. The molecule has 1 N–H and O–H groups in total. The van der Waals surface area contributed by atoms with E-state index in [2.05, 4.69) is 41.2 Å². The molecule has 2 rings (SSSR count). The first kappa shape index (κ1) is 20.5. The summed E-state index contributed by atoms with van der Waals surface area (Å²) in [5.41, 5.74) is 1.38. The van der Waals surface area contributed by atoms with Crippen molar-refractivity contribution in [3.8, 4) is 5.75 Å². The van der Waals surface area contributed by atoms with E-state index in [0.717, 1.165) is 64.0 Å². The van der Waals surface area contributed by atoms with Gasteiger partial charge in [-0.25, -0.2) is 0 Å². The number of likely N-dealkylation sites (N-methyl/N-ethyl adjacent to an activating group) is 1. The topological polar surface area (TPSA) is 49.3 Å². The Hall–Kier alpha value is -1.79. The lowest BCUT2D eigenvalue weighted by molar-refractivity contribution is 0.163. The van der Waals surface area contributed by atoms with Gasteiger partial charge in [0.05, 0.1) is 20.3 Å². The van der Waals surface area contributed by atoms with Gasteiger partial charge in [-0.1, -0.05) is 12.1 Å². The first-order chi connectivity index (χ1) is 12.7. The average molecular weight is 363 g/mol. The van der Waals surface area contributed by atoms with E-state index in [1.165, 1.54) is 5.56 Å². The Bertz CT molecular complexity index is 547. The van der Waals surface area contributed by atoms with Gasteiger partial charge in [0.15, 0.2) is 5.96 Å². The molecule has 0 aromatic heterocycles. The monoisotopic (exact) mass is 362 g/mol. The SMILES string of the molecule is CCNC(=NCCN(C)CCOC)N1CCC(c2ccc(OC)cc2)C1. The van der Waals surface area contributed by atoms with Crippen LogP contribution >= 0.6 is 0 Å². The number of aliphatic imine (C=N–C) groups is 1. The van der Waals surface area contributed by atoms with Crippen LogP contribution in [0.15, 0.2) is 29.3 Å². The minimum Gasteiger partial charge on any atom is -0.497 e. The summed E-state index contributed by atoms with van der Waals surface area (Å²) in [5, 5.41) is 3.44. The van der Waals surface area contributed by atoms with Crippen molar-refractivity contribution >= 4 is 5.96 Å². The van der Waals surface area contributed by atoms with Gasteiger partial charge in [0, 0.05) is 45.8 Å². The Morgan fingerprint density at radius 3 is 2.69 bits per heavy atom. The normalized spacial score (nSPS) is 17.8. The first-order valence-electron chi connectivity index (χ1n) is 9.52. The number of nitrogens with zero attached hydrogens (tertiary/aromatic N) is 3. The van der Waals surface area contributed by atoms with E-state index in [1.807, 2.05) is 12.1 Å². The van der Waals surface area contributed by atoms with Crippen molar-refractivity contribution in [1.82, 2.24) is 15.1 Å². The fourth-order valence-corrected chi connectivity index (χ4v) is 3.21. The molecule has 1 saturated heterocycles. The van der Waals surface area contributed by atoms with Crippen LogP contribution in [-0.4, -0.2) is 82.9 Å². The van der Waals surface area contributed by atoms with Crippen molar-refractivity contribution in [2.75, 3.05) is 67.1 Å². The third kappa shape index (κ3) is 6.18. The standard InChI is InChI=1S/C20H34N4O2/c1-5-21-20(22-11-13-23(2)14-15-25-3)24-12-10-18(16-24)17-6-8-19(26-4)9-7-17/h6-9,18H,5,10-16H2,1-4H3,(H,21,22). The average Bonchev–Trinajstić information content (AvgIpc) is 3.15. The third-order valence-corrected chi connectivity index (χ3v) is 4.83. The van der Waals surface area contributed by atoms with Crippen molar-refractivity contribution in [2.45, 2.75) is 19.3 Å². The van der Waals surface area contributed by atoms with Crippen LogP contribution in [-0.2, 0) is 4.74 Å². The minimum atomic E-state index is 0.550. The summed E-state index contributed by atoms with van der Waals surface area (Å²) in [6, 6.07) is 8.46. The van der Waals surface area contributed by atoms with Gasteiger partial charge in [-0.15, -0.1) is 0 Å². The molecule has 0 bridgehead atoms. The molecule has 6 heteroatoms. The molecular formula is C20H34N4O2. The van der Waals surface area contributed by atoms with Crippen LogP contribution in [0.25, 0.3) is 0 Å². The first-order valence-corrected chi connectivity index (χ1v) is 9.52. The van der Waals surface area contributed by atoms with Crippen molar-refractivity contribution in [3.63, 3.8) is 0 Å². The summed E-state index contributed by atoms with van der Waals surface area (Å²) in [4.78, 5) is 9.46. The summed E-state index contributed by atoms with van der Waals surface area (Å²) < 4.78 is 10.4. The lowest BCUT2D eigenvalue weighted by Crippen LogP contribution is -2.40. The lowest BCUT2D eigenvalue weighted by Gasteiger charge is -2.22. The Balaban J connectivity index is 1.89. The Morgan fingerprint density at radius 1 is 1.27 bits per heavy atom. The number of hydrogen-bond donors (Lipinski definition) is 1. The molecule has 1 heterocycles. The third-order valence-electron chi connectivity index (χ3n) is 4.83. The van der Waals surface area contributed by atoms with Crippen LogP contribution in [0.3, 0.4) is 0 Å². The molecule has 1 aliphatic rings. The summed E-state index contributed by atoms with van der Waals surface area (Å²) >= 11 is 0. The molecular weight excluding hydrogens is 328 g/mol. The smallest absolute Gasteiger partial charge is 0.193 e. The molecule has 1 aromatic rings. The summed E-state index contributed by atoms with van der Waals surface area (Å²) in [7, 11) is 5.55. The fourth-order valence-electron chi connectivity index (χ4n) is 3.21. The predicted molar refractivity (Wildman–Crippen MR) is 107 cm³/mol. The van der Waals surface area contributed by atoms with E-state index in [4.69, 9.17) is 14.5 Å². The molecule has 0 spiro atoms. The van der Waals surface area contributed by atoms with Gasteiger partial charge >= 0.3 is 0 Å². The van der Waals surface area contributed by atoms with Crippen molar-refractivity contribution in [1.29, 1.82) is 0 Å². The lowest BCUT2D eigenvalue weighted by atomic mass is 9.98. The fraction of sp³-hybridized carbons (Fsp3) is 0.650. The molecule has 0 saturated carbocycles. The van der Waals surface area contributed by atoms with E-state index >= 15 is 0 Å². The van der Waals surface area contributed by atoms with E-state index in [9.17, 15) is 0 Å². The molecule has 0 amide bonds. The Kier molecular flexibility index (Phi) is 8.71. The zero-order valence-electron chi connectivity index (χ0n) is 16.7. The van der Waals surface area contributed by atoms with E-state index in [0.29, 0.717) is 5.92 Å². The molecule has 1 unspecified atom stereocenters. The van der Waals surface area contributed by atoms with Crippen LogP contribution in [0, 0.1) is 0 Å². The second-order valence-electron chi connectivity index (χ2n) is 6.74. The van der Waals surface area contributed by atoms with Crippen LogP contribution in [0.4, 0.5) is 0 Å². The van der Waals surface area contributed by atoms with Crippen molar-refractivity contribution in [3.05, 3.63) is 29.8 Å². The largest absolute Gasteiger partial charge is 0.497 e. The van der Waals surface area contributed by atoms with Gasteiger partial charge in [0.1, 0.15) is 5.75 Å². The van der Waals surface area contributed by atoms with Gasteiger partial charge in [-0.3, -0.25) is 4.99 Å². The minimum absolute atomic E-state index is 0.550. The van der Waals surface area contributed by atoms with E-state index in [1.54, 1.807) is 14.2 Å². The number of nitrogens with one attached hydrogen (secondary N) is 1. The van der Waals surface area contributed by atoms with Gasteiger partial charge < -0.3 is 24.6 Å². The Labute approximate surface area is 158 Å². The van der Waals surface area contributed by atoms with Gasteiger partial charge in [-0.2, -0.15) is 0 Å². The van der Waals surface area contributed by atoms with Crippen molar-refractivity contribution in [2.24, 2.45) is 4.99 Å². The maximum absolute atomic E-state index is 5.26. The van der Waals surface area contributed by atoms with Gasteiger partial charge in [-0.05, 0) is 38.1 Å². The highest BCUT2D eigenvalue weighted by Gasteiger charge is 2.26. The molecule has 146 valence electrons. The number of benzene rings is 1. The predicted octanol–water partition coefficient (Wildman–Crippen LogP) is 2.03. The molecule has 1 aliphatic heterocycles. The molecule has 0 radical (unpaired) electrons. The maximum Gasteiger partial charge on any atom is 0.193 e. The number of methoxy groups -OCH3 is 2. The van der Waals surface area contributed by atoms with Crippen LogP contribution < -0.4 is 10.1 Å². The highest BCUT2D eigenvalue weighted by molar-refractivity contribution is 5.80. The molecule has 1 atom stereocenters. The zero-order valence-corrected chi connectivity index (χ0v) is 16.7. The van der Waals surface area contributed by atoms with Gasteiger partial charge in [0.2, 0.25) is 0 Å². The highest BCUT2D eigenvalue weighted by atomic mass is 16.5. The number of rotatable bonds is 9. The second kappa shape index (κ2) is 11.0. The summed E-state index contributed by atoms with van der Waals surface area (Å²) in [5.74, 6) is 2.49. The van der Waals surface area contributed by atoms with E-state index in [-0.39, 0.29) is 0 Å². The van der Waals surface area contributed by atoms with Gasteiger partial charge in [0.25, 0.3) is 0 Å². The number of guanidine groups is 1. The molecule has 26 heavy (non-hydrogen) atoms. The maximum atomic E-state index is 5.26. The number of likely N-dealkylation sites (tertiary alicyclic amines) is 1. The molecule has 0 aliphatic carbocycles. The van der Waals surface area contributed by atoms with Crippen LogP contribution in [0.2, 0.25) is 0 Å². The summed E-state index contributed by atoms with van der Waals surface area (Å²) in [6.45, 7) is 8.50. The number of hydrogen-bond acceptors (Lipinski definition) is 4.